The van der Waals surface area contributed by atoms with Gasteiger partial charge in [0.2, 0.25) is 5.43 Å². The van der Waals surface area contributed by atoms with Crippen LogP contribution < -0.4 is 10.7 Å². The summed E-state index contributed by atoms with van der Waals surface area (Å²) in [7, 11) is 0. The Balaban J connectivity index is 1.71. The summed E-state index contributed by atoms with van der Waals surface area (Å²) in [6.45, 7) is 2.79. The molecule has 2 aliphatic carbocycles. The Morgan fingerprint density at radius 2 is 1.66 bits per heavy atom. The molecule has 2 heterocycles. The molecule has 1 aromatic heterocycles. The van der Waals surface area contributed by atoms with Crippen LogP contribution in [0.4, 0.5) is 0 Å². The van der Waals surface area contributed by atoms with Crippen molar-refractivity contribution in [2.75, 3.05) is 6.54 Å². The highest BCUT2D eigenvalue weighted by Crippen LogP contribution is 2.29. The Bertz CT molecular complexity index is 821. The maximum absolute atomic E-state index is 13.4. The van der Waals surface area contributed by atoms with Crippen LogP contribution >= 0.6 is 0 Å². The second kappa shape index (κ2) is 8.72. The predicted molar refractivity (Wildman–Crippen MR) is 112 cm³/mol. The van der Waals surface area contributed by atoms with Gasteiger partial charge in [-0.15, -0.1) is 0 Å². The summed E-state index contributed by atoms with van der Waals surface area (Å²) in [4.78, 5) is 41.3. The van der Waals surface area contributed by atoms with Crippen molar-refractivity contribution in [1.82, 2.24) is 14.8 Å². The average molecular weight is 400 g/mol. The van der Waals surface area contributed by atoms with Gasteiger partial charge >= 0.3 is 0 Å². The van der Waals surface area contributed by atoms with Gasteiger partial charge in [0.1, 0.15) is 11.1 Å². The Labute approximate surface area is 172 Å². The number of likely N-dealkylation sites (tertiary alicyclic amines) is 1. The van der Waals surface area contributed by atoms with E-state index in [1.807, 2.05) is 9.47 Å². The molecule has 1 aliphatic heterocycles. The van der Waals surface area contributed by atoms with E-state index < -0.39 is 5.43 Å². The molecular formula is C23H33N3O3. The first-order valence-electron chi connectivity index (χ1n) is 11.5. The number of aromatic nitrogens is 1. The second-order valence-corrected chi connectivity index (χ2v) is 8.96. The zero-order chi connectivity index (χ0) is 20.4. The molecule has 6 nitrogen and oxygen atoms in total. The standard InChI is InChI=1S/C23H33N3O3/c1-2-17-8-6-7-13-26(17)23(29)20-15-25(18-9-4-3-5-10-18)14-19(21(20)27)22(28)24-16-11-12-16/h14-18H,2-13H2,1H3,(H,24,28). The highest BCUT2D eigenvalue weighted by atomic mass is 16.2. The SMILES string of the molecule is CCC1CCCCN1C(=O)c1cn(C2CCCCC2)cc(C(=O)NC2CC2)c1=O. The Morgan fingerprint density at radius 3 is 2.34 bits per heavy atom. The van der Waals surface area contributed by atoms with E-state index in [0.717, 1.165) is 64.2 Å². The number of hydrogen-bond acceptors (Lipinski definition) is 3. The lowest BCUT2D eigenvalue weighted by atomic mass is 9.94. The lowest BCUT2D eigenvalue weighted by Crippen LogP contribution is -2.45. The molecule has 2 saturated carbocycles. The molecule has 6 heteroatoms. The van der Waals surface area contributed by atoms with Crippen molar-refractivity contribution >= 4 is 11.8 Å². The number of piperidine rings is 1. The van der Waals surface area contributed by atoms with Gasteiger partial charge in [-0.1, -0.05) is 26.2 Å². The summed E-state index contributed by atoms with van der Waals surface area (Å²) in [5.74, 6) is -0.533. The van der Waals surface area contributed by atoms with E-state index in [1.165, 1.54) is 6.42 Å². The molecule has 3 fully saturated rings. The van der Waals surface area contributed by atoms with Crippen molar-refractivity contribution in [3.05, 3.63) is 33.7 Å². The number of amides is 2. The molecule has 2 amide bonds. The first-order chi connectivity index (χ1) is 14.1. The quantitative estimate of drug-likeness (QED) is 0.821. The van der Waals surface area contributed by atoms with E-state index in [0.29, 0.717) is 6.54 Å². The van der Waals surface area contributed by atoms with E-state index in [4.69, 9.17) is 0 Å². The van der Waals surface area contributed by atoms with Crippen molar-refractivity contribution < 1.29 is 9.59 Å². The summed E-state index contributed by atoms with van der Waals surface area (Å²) in [5.41, 5.74) is -0.126. The van der Waals surface area contributed by atoms with Crippen molar-refractivity contribution in [1.29, 1.82) is 0 Å². The number of pyridine rings is 1. The number of carbonyl (C=O) groups excluding carboxylic acids is 2. The van der Waals surface area contributed by atoms with Crippen molar-refractivity contribution in [3.8, 4) is 0 Å². The van der Waals surface area contributed by atoms with Gasteiger partial charge in [-0.3, -0.25) is 14.4 Å². The van der Waals surface area contributed by atoms with Gasteiger partial charge < -0.3 is 14.8 Å². The third kappa shape index (κ3) is 4.41. The zero-order valence-corrected chi connectivity index (χ0v) is 17.5. The van der Waals surface area contributed by atoms with Crippen LogP contribution in [0, 0.1) is 0 Å². The Morgan fingerprint density at radius 1 is 0.966 bits per heavy atom. The van der Waals surface area contributed by atoms with Crippen molar-refractivity contribution in [2.24, 2.45) is 0 Å². The van der Waals surface area contributed by atoms with Gasteiger partial charge in [0.05, 0.1) is 0 Å². The second-order valence-electron chi connectivity index (χ2n) is 8.96. The fourth-order valence-electron chi connectivity index (χ4n) is 4.84. The Kier molecular flexibility index (Phi) is 6.07. The number of nitrogens with one attached hydrogen (secondary N) is 1. The molecule has 1 unspecified atom stereocenters. The lowest BCUT2D eigenvalue weighted by Gasteiger charge is -2.35. The number of carbonyl (C=O) groups is 2. The molecule has 3 aliphatic rings. The van der Waals surface area contributed by atoms with Crippen LogP contribution in [0.1, 0.15) is 104 Å². The van der Waals surface area contributed by atoms with Crippen LogP contribution in [0.3, 0.4) is 0 Å². The van der Waals surface area contributed by atoms with Crippen LogP contribution in [0.5, 0.6) is 0 Å². The minimum Gasteiger partial charge on any atom is -0.349 e. The summed E-state index contributed by atoms with van der Waals surface area (Å²) in [5, 5.41) is 2.93. The largest absolute Gasteiger partial charge is 0.349 e. The number of rotatable bonds is 5. The van der Waals surface area contributed by atoms with Gasteiger partial charge in [-0.05, 0) is 51.4 Å². The van der Waals surface area contributed by atoms with Gasteiger partial charge in [0.15, 0.2) is 0 Å². The molecule has 1 aromatic rings. The third-order valence-electron chi connectivity index (χ3n) is 6.79. The van der Waals surface area contributed by atoms with Crippen LogP contribution in [0.15, 0.2) is 17.2 Å². The number of hydrogen-bond donors (Lipinski definition) is 1. The monoisotopic (exact) mass is 399 g/mol. The number of nitrogens with zero attached hydrogens (tertiary/aromatic N) is 2. The fourth-order valence-corrected chi connectivity index (χ4v) is 4.84. The molecule has 158 valence electrons. The third-order valence-corrected chi connectivity index (χ3v) is 6.79. The maximum atomic E-state index is 13.4. The van der Waals surface area contributed by atoms with Crippen LogP contribution in [-0.2, 0) is 0 Å². The predicted octanol–water partition coefficient (Wildman–Crippen LogP) is 3.65. The topological polar surface area (TPSA) is 71.4 Å². The highest BCUT2D eigenvalue weighted by molar-refractivity contribution is 5.99. The van der Waals surface area contributed by atoms with Gasteiger partial charge in [0.25, 0.3) is 11.8 Å². The van der Waals surface area contributed by atoms with E-state index in [-0.39, 0.29) is 41.1 Å². The minimum absolute atomic E-state index is 0.124. The van der Waals surface area contributed by atoms with Crippen molar-refractivity contribution in [2.45, 2.75) is 95.7 Å². The molecule has 0 aromatic carbocycles. The summed E-state index contributed by atoms with van der Waals surface area (Å²) in [6, 6.07) is 0.616. The first-order valence-corrected chi connectivity index (χ1v) is 11.5. The average Bonchev–Trinajstić information content (AvgIpc) is 3.58. The molecule has 29 heavy (non-hydrogen) atoms. The molecule has 0 bridgehead atoms. The molecule has 1 saturated heterocycles. The van der Waals surface area contributed by atoms with E-state index in [9.17, 15) is 14.4 Å². The lowest BCUT2D eigenvalue weighted by molar-refractivity contribution is 0.0605. The Hall–Kier alpha value is -2.11. The van der Waals surface area contributed by atoms with E-state index in [1.54, 1.807) is 12.4 Å². The molecule has 0 spiro atoms. The van der Waals surface area contributed by atoms with Gasteiger partial charge in [-0.25, -0.2) is 0 Å². The normalized spacial score (nSPS) is 23.1. The minimum atomic E-state index is -0.416. The van der Waals surface area contributed by atoms with E-state index in [2.05, 4.69) is 12.2 Å². The van der Waals surface area contributed by atoms with Gasteiger partial charge in [-0.2, -0.15) is 0 Å². The molecular weight excluding hydrogens is 366 g/mol. The summed E-state index contributed by atoms with van der Waals surface area (Å²) in [6.07, 6.45) is 14.9. The zero-order valence-electron chi connectivity index (χ0n) is 17.5. The molecule has 4 rings (SSSR count). The first kappa shape index (κ1) is 20.2. The van der Waals surface area contributed by atoms with Gasteiger partial charge in [0, 0.05) is 37.1 Å². The van der Waals surface area contributed by atoms with Crippen LogP contribution in [0.25, 0.3) is 0 Å². The molecule has 1 atom stereocenters. The molecule has 1 N–H and O–H groups in total. The van der Waals surface area contributed by atoms with Crippen LogP contribution in [-0.4, -0.2) is 39.9 Å². The summed E-state index contributed by atoms with van der Waals surface area (Å²) < 4.78 is 1.99. The maximum Gasteiger partial charge on any atom is 0.259 e. The molecule has 0 radical (unpaired) electrons. The van der Waals surface area contributed by atoms with Crippen molar-refractivity contribution in [3.63, 3.8) is 0 Å². The summed E-state index contributed by atoms with van der Waals surface area (Å²) >= 11 is 0. The fraction of sp³-hybridized carbons (Fsp3) is 0.696. The van der Waals surface area contributed by atoms with E-state index >= 15 is 0 Å². The highest BCUT2D eigenvalue weighted by Gasteiger charge is 2.31. The van der Waals surface area contributed by atoms with Crippen LogP contribution in [0.2, 0.25) is 0 Å². The smallest absolute Gasteiger partial charge is 0.259 e.